The van der Waals surface area contributed by atoms with Gasteiger partial charge in [0.2, 0.25) is 0 Å². The fraction of sp³-hybridized carbons (Fsp3) is 0.533. The van der Waals surface area contributed by atoms with E-state index in [1.54, 1.807) is 12.3 Å². The van der Waals surface area contributed by atoms with Crippen LogP contribution in [0.2, 0.25) is 0 Å². The molecule has 1 rings (SSSR count). The van der Waals surface area contributed by atoms with Crippen LogP contribution in [0.4, 0.5) is 4.39 Å². The average molecular weight is 266 g/mol. The normalized spacial score (nSPS) is 10.7. The highest BCUT2D eigenvalue weighted by Gasteiger charge is 2.10. The summed E-state index contributed by atoms with van der Waals surface area (Å²) in [6, 6.07) is 1.68. The van der Waals surface area contributed by atoms with Crippen molar-refractivity contribution in [2.75, 3.05) is 13.2 Å². The topological polar surface area (TPSA) is 34.1 Å². The molecule has 0 saturated carbocycles. The summed E-state index contributed by atoms with van der Waals surface area (Å²) in [6.07, 6.45) is 5.08. The maximum atomic E-state index is 14.1. The zero-order valence-corrected chi connectivity index (χ0v) is 11.8. The smallest absolute Gasteiger partial charge is 0.250 e. The van der Waals surface area contributed by atoms with Gasteiger partial charge in [-0.05, 0) is 31.4 Å². The van der Waals surface area contributed by atoms with Crippen molar-refractivity contribution in [1.82, 2.24) is 10.3 Å². The second-order valence-corrected chi connectivity index (χ2v) is 4.89. The van der Waals surface area contributed by atoms with Crippen LogP contribution in [0.5, 0.6) is 5.88 Å². The Kier molecular flexibility index (Phi) is 7.11. The number of nitrogens with one attached hydrogen (secondary N) is 1. The molecular formula is C15H23FN2O. The molecule has 0 amide bonds. The molecule has 0 saturated heterocycles. The van der Waals surface area contributed by atoms with E-state index in [9.17, 15) is 4.39 Å². The zero-order valence-electron chi connectivity index (χ0n) is 11.8. The quantitative estimate of drug-likeness (QED) is 0.550. The largest absolute Gasteiger partial charge is 0.476 e. The molecule has 0 aromatic carbocycles. The van der Waals surface area contributed by atoms with Crippen molar-refractivity contribution < 1.29 is 9.13 Å². The first-order chi connectivity index (χ1) is 9.15. The Balaban J connectivity index is 2.51. The summed E-state index contributed by atoms with van der Waals surface area (Å²) in [5.41, 5.74) is 0.592. The number of halogens is 1. The number of hydrogen-bond acceptors (Lipinski definition) is 3. The number of nitrogens with zero attached hydrogens (tertiary/aromatic N) is 1. The van der Waals surface area contributed by atoms with Crippen molar-refractivity contribution in [2.24, 2.45) is 5.92 Å². The summed E-state index contributed by atoms with van der Waals surface area (Å²) in [4.78, 5) is 3.93. The third kappa shape index (κ3) is 5.83. The Morgan fingerprint density at radius 2 is 2.32 bits per heavy atom. The number of ether oxygens (including phenoxy) is 1. The molecule has 0 atom stereocenters. The van der Waals surface area contributed by atoms with Gasteiger partial charge in [-0.2, -0.15) is 0 Å². The first-order valence-corrected chi connectivity index (χ1v) is 6.73. The monoisotopic (exact) mass is 266 g/mol. The summed E-state index contributed by atoms with van der Waals surface area (Å²) in [5, 5.41) is 3.21. The first kappa shape index (κ1) is 15.6. The van der Waals surface area contributed by atoms with E-state index in [-0.39, 0.29) is 11.7 Å². The zero-order chi connectivity index (χ0) is 14.1. The first-order valence-electron chi connectivity index (χ1n) is 6.73. The van der Waals surface area contributed by atoms with Gasteiger partial charge >= 0.3 is 0 Å². The van der Waals surface area contributed by atoms with Crippen LogP contribution in [0.1, 0.15) is 32.3 Å². The predicted octanol–water partition coefficient (Wildman–Crippen LogP) is 3.31. The summed E-state index contributed by atoms with van der Waals surface area (Å²) in [7, 11) is 0. The van der Waals surface area contributed by atoms with Crippen LogP contribution in [-0.4, -0.2) is 18.1 Å². The van der Waals surface area contributed by atoms with Gasteiger partial charge in [0.25, 0.3) is 5.88 Å². The Bertz CT molecular complexity index is 394. The van der Waals surface area contributed by atoms with Crippen molar-refractivity contribution in [3.05, 3.63) is 36.3 Å². The molecule has 0 aliphatic carbocycles. The van der Waals surface area contributed by atoms with Gasteiger partial charge in [-0.3, -0.25) is 0 Å². The average Bonchev–Trinajstić information content (AvgIpc) is 2.38. The highest BCUT2D eigenvalue weighted by molar-refractivity contribution is 5.23. The molecule has 19 heavy (non-hydrogen) atoms. The minimum Gasteiger partial charge on any atom is -0.476 e. The predicted molar refractivity (Wildman–Crippen MR) is 75.7 cm³/mol. The highest BCUT2D eigenvalue weighted by atomic mass is 19.1. The Morgan fingerprint density at radius 1 is 1.53 bits per heavy atom. The summed E-state index contributed by atoms with van der Waals surface area (Å²) in [5.74, 6) is 0.268. The molecular weight excluding hydrogens is 243 g/mol. The SMILES string of the molecule is C=CCCCOc1nccc(CNCC(C)C)c1F. The summed E-state index contributed by atoms with van der Waals surface area (Å²) >= 11 is 0. The molecule has 0 radical (unpaired) electrons. The van der Waals surface area contributed by atoms with Crippen molar-refractivity contribution in [2.45, 2.75) is 33.2 Å². The van der Waals surface area contributed by atoms with E-state index < -0.39 is 0 Å². The van der Waals surface area contributed by atoms with Crippen LogP contribution in [0.15, 0.2) is 24.9 Å². The van der Waals surface area contributed by atoms with Gasteiger partial charge in [0, 0.05) is 18.3 Å². The minimum atomic E-state index is -0.364. The van der Waals surface area contributed by atoms with Crippen molar-refractivity contribution in [3.63, 3.8) is 0 Å². The van der Waals surface area contributed by atoms with Crippen molar-refractivity contribution in [1.29, 1.82) is 0 Å². The van der Waals surface area contributed by atoms with Gasteiger partial charge in [-0.15, -0.1) is 6.58 Å². The second kappa shape index (κ2) is 8.64. The molecule has 0 unspecified atom stereocenters. The van der Waals surface area contributed by atoms with Crippen molar-refractivity contribution >= 4 is 0 Å². The molecule has 106 valence electrons. The molecule has 1 heterocycles. The second-order valence-electron chi connectivity index (χ2n) is 4.89. The Morgan fingerprint density at radius 3 is 3.00 bits per heavy atom. The number of pyridine rings is 1. The number of rotatable bonds is 9. The third-order valence-electron chi connectivity index (χ3n) is 2.60. The lowest BCUT2D eigenvalue weighted by Gasteiger charge is -2.10. The fourth-order valence-electron chi connectivity index (χ4n) is 1.59. The van der Waals surface area contributed by atoms with Crippen LogP contribution in [-0.2, 0) is 6.54 Å². The van der Waals surface area contributed by atoms with Crippen LogP contribution in [0.25, 0.3) is 0 Å². The minimum absolute atomic E-state index is 0.0907. The molecule has 0 aliphatic rings. The number of hydrogen-bond donors (Lipinski definition) is 1. The molecule has 0 fully saturated rings. The lowest BCUT2D eigenvalue weighted by Crippen LogP contribution is -2.20. The molecule has 3 nitrogen and oxygen atoms in total. The van der Waals surface area contributed by atoms with Crippen molar-refractivity contribution in [3.8, 4) is 5.88 Å². The molecule has 0 aliphatic heterocycles. The molecule has 0 spiro atoms. The maximum absolute atomic E-state index is 14.1. The van der Waals surface area contributed by atoms with Crippen LogP contribution < -0.4 is 10.1 Å². The van der Waals surface area contributed by atoms with Gasteiger partial charge in [0.05, 0.1) is 6.61 Å². The standard InChI is InChI=1S/C15H23FN2O/c1-4-5-6-9-19-15-14(16)13(7-8-18-15)11-17-10-12(2)3/h4,7-8,12,17H,1,5-6,9-11H2,2-3H3. The van der Waals surface area contributed by atoms with Gasteiger partial charge in [-0.1, -0.05) is 19.9 Å². The van der Waals surface area contributed by atoms with Gasteiger partial charge in [-0.25, -0.2) is 9.37 Å². The van der Waals surface area contributed by atoms with E-state index in [4.69, 9.17) is 4.74 Å². The van der Waals surface area contributed by atoms with Crippen LogP contribution >= 0.6 is 0 Å². The van der Waals surface area contributed by atoms with E-state index in [0.717, 1.165) is 19.4 Å². The fourth-order valence-corrected chi connectivity index (χ4v) is 1.59. The van der Waals surface area contributed by atoms with Gasteiger partial charge < -0.3 is 10.1 Å². The summed E-state index contributed by atoms with van der Waals surface area (Å²) in [6.45, 7) is 9.67. The third-order valence-corrected chi connectivity index (χ3v) is 2.60. The molecule has 1 aromatic heterocycles. The van der Waals surface area contributed by atoms with E-state index in [2.05, 4.69) is 30.7 Å². The molecule has 0 bridgehead atoms. The number of allylic oxidation sites excluding steroid dienone is 1. The number of unbranched alkanes of at least 4 members (excludes halogenated alkanes) is 1. The molecule has 4 heteroatoms. The van der Waals surface area contributed by atoms with Crippen LogP contribution in [0.3, 0.4) is 0 Å². The molecule has 1 aromatic rings. The van der Waals surface area contributed by atoms with Gasteiger partial charge in [0.15, 0.2) is 5.82 Å². The van der Waals surface area contributed by atoms with E-state index in [1.165, 1.54) is 0 Å². The van der Waals surface area contributed by atoms with Crippen LogP contribution in [0, 0.1) is 11.7 Å². The maximum Gasteiger partial charge on any atom is 0.250 e. The molecule has 1 N–H and O–H groups in total. The van der Waals surface area contributed by atoms with E-state index in [1.807, 2.05) is 6.08 Å². The van der Waals surface area contributed by atoms with Gasteiger partial charge in [0.1, 0.15) is 0 Å². The van der Waals surface area contributed by atoms with E-state index in [0.29, 0.717) is 24.6 Å². The lowest BCUT2D eigenvalue weighted by atomic mass is 10.2. The Labute approximate surface area is 114 Å². The highest BCUT2D eigenvalue weighted by Crippen LogP contribution is 2.17. The number of aromatic nitrogens is 1. The lowest BCUT2D eigenvalue weighted by molar-refractivity contribution is 0.282. The Hall–Kier alpha value is -1.42. The summed E-state index contributed by atoms with van der Waals surface area (Å²) < 4.78 is 19.4. The van der Waals surface area contributed by atoms with E-state index >= 15 is 0 Å².